The quantitative estimate of drug-likeness (QED) is 0.624. The molecular formula is C15H16N2. The van der Waals surface area contributed by atoms with Crippen molar-refractivity contribution in [2.75, 3.05) is 6.54 Å². The van der Waals surface area contributed by atoms with Crippen LogP contribution in [-0.4, -0.2) is 11.5 Å². The van der Waals surface area contributed by atoms with Gasteiger partial charge in [0.2, 0.25) is 0 Å². The maximum absolute atomic E-state index is 5.21. The van der Waals surface area contributed by atoms with E-state index < -0.39 is 0 Å². The molecule has 1 heterocycles. The Labute approximate surface area is 102 Å². The van der Waals surface area contributed by atoms with Crippen LogP contribution >= 0.6 is 0 Å². The molecule has 0 spiro atoms. The van der Waals surface area contributed by atoms with Crippen LogP contribution in [0.15, 0.2) is 36.5 Å². The van der Waals surface area contributed by atoms with E-state index in [0.717, 1.165) is 31.4 Å². The fraction of sp³-hybridized carbons (Fsp3) is 0.267. The van der Waals surface area contributed by atoms with Crippen LogP contribution in [0.5, 0.6) is 0 Å². The number of terminal acetylenes is 1. The number of pyridine rings is 1. The molecule has 0 amide bonds. The highest BCUT2D eigenvalue weighted by atomic mass is 14.8. The number of benzene rings is 1. The average molecular weight is 224 g/mol. The molecule has 0 saturated carbocycles. The molecule has 0 atom stereocenters. The minimum Gasteiger partial charge on any atom is -0.313 e. The molecule has 1 aromatic heterocycles. The van der Waals surface area contributed by atoms with Gasteiger partial charge in [-0.15, -0.1) is 12.3 Å². The van der Waals surface area contributed by atoms with Gasteiger partial charge >= 0.3 is 0 Å². The second-order valence-corrected chi connectivity index (χ2v) is 3.98. The van der Waals surface area contributed by atoms with Crippen LogP contribution in [0.1, 0.15) is 18.4 Å². The zero-order chi connectivity index (χ0) is 11.9. The van der Waals surface area contributed by atoms with Gasteiger partial charge in [0, 0.05) is 24.5 Å². The number of unbranched alkanes of at least 4 members (excludes halogenated alkanes) is 1. The van der Waals surface area contributed by atoms with Gasteiger partial charge in [-0.05, 0) is 24.6 Å². The van der Waals surface area contributed by atoms with Gasteiger partial charge in [0.15, 0.2) is 0 Å². The van der Waals surface area contributed by atoms with Crippen LogP contribution in [0.2, 0.25) is 0 Å². The monoisotopic (exact) mass is 224 g/mol. The topological polar surface area (TPSA) is 24.9 Å². The lowest BCUT2D eigenvalue weighted by atomic mass is 10.1. The number of hydrogen-bond acceptors (Lipinski definition) is 2. The Morgan fingerprint density at radius 1 is 1.24 bits per heavy atom. The lowest BCUT2D eigenvalue weighted by molar-refractivity contribution is 0.661. The predicted molar refractivity (Wildman–Crippen MR) is 71.5 cm³/mol. The average Bonchev–Trinajstić information content (AvgIpc) is 2.39. The summed E-state index contributed by atoms with van der Waals surface area (Å²) in [5.74, 6) is 2.64. The fourth-order valence-electron chi connectivity index (χ4n) is 1.85. The SMILES string of the molecule is C#CCCCNCc1cccc2cccnc12. The number of para-hydroxylation sites is 1. The Bertz CT molecular complexity index is 520. The van der Waals surface area contributed by atoms with Crippen LogP contribution in [0.4, 0.5) is 0 Å². The van der Waals surface area contributed by atoms with Gasteiger partial charge in [-0.2, -0.15) is 0 Å². The van der Waals surface area contributed by atoms with E-state index in [4.69, 9.17) is 6.42 Å². The molecule has 0 unspecified atom stereocenters. The predicted octanol–water partition coefficient (Wildman–Crippen LogP) is 2.74. The molecule has 0 bridgehead atoms. The Morgan fingerprint density at radius 2 is 2.12 bits per heavy atom. The van der Waals surface area contributed by atoms with Crippen molar-refractivity contribution in [3.63, 3.8) is 0 Å². The summed E-state index contributed by atoms with van der Waals surface area (Å²) in [6.07, 6.45) is 8.90. The van der Waals surface area contributed by atoms with Crippen LogP contribution in [0.3, 0.4) is 0 Å². The van der Waals surface area contributed by atoms with E-state index in [-0.39, 0.29) is 0 Å². The summed E-state index contributed by atoms with van der Waals surface area (Å²) in [6.45, 7) is 1.80. The molecule has 1 aromatic carbocycles. The molecule has 2 aromatic rings. The second-order valence-electron chi connectivity index (χ2n) is 3.98. The lowest BCUT2D eigenvalue weighted by Gasteiger charge is -2.06. The number of nitrogens with one attached hydrogen (secondary N) is 1. The maximum Gasteiger partial charge on any atom is 0.0746 e. The molecule has 0 radical (unpaired) electrons. The Morgan fingerprint density at radius 3 is 3.00 bits per heavy atom. The molecule has 0 aliphatic rings. The summed E-state index contributed by atoms with van der Waals surface area (Å²) in [5, 5.41) is 4.58. The largest absolute Gasteiger partial charge is 0.313 e. The first kappa shape index (κ1) is 11.6. The third kappa shape index (κ3) is 3.05. The van der Waals surface area contributed by atoms with E-state index in [1.165, 1.54) is 10.9 Å². The van der Waals surface area contributed by atoms with E-state index in [1.807, 2.05) is 12.3 Å². The van der Waals surface area contributed by atoms with Crippen molar-refractivity contribution in [3.8, 4) is 12.3 Å². The highest BCUT2D eigenvalue weighted by Crippen LogP contribution is 2.15. The van der Waals surface area contributed by atoms with Crippen molar-refractivity contribution < 1.29 is 0 Å². The van der Waals surface area contributed by atoms with Crippen LogP contribution in [0.25, 0.3) is 10.9 Å². The summed E-state index contributed by atoms with van der Waals surface area (Å²) in [6, 6.07) is 10.3. The number of fused-ring (bicyclic) bond motifs is 1. The van der Waals surface area contributed by atoms with Crippen LogP contribution in [-0.2, 0) is 6.54 Å². The molecule has 2 nitrogen and oxygen atoms in total. The normalized spacial score (nSPS) is 10.3. The highest BCUT2D eigenvalue weighted by Gasteiger charge is 2.00. The minimum atomic E-state index is 0.834. The Kier molecular flexibility index (Phi) is 4.12. The van der Waals surface area contributed by atoms with E-state index in [1.54, 1.807) is 0 Å². The van der Waals surface area contributed by atoms with Gasteiger partial charge in [-0.1, -0.05) is 24.3 Å². The fourth-order valence-corrected chi connectivity index (χ4v) is 1.85. The van der Waals surface area contributed by atoms with Crippen molar-refractivity contribution >= 4 is 10.9 Å². The number of hydrogen-bond donors (Lipinski definition) is 1. The summed E-state index contributed by atoms with van der Waals surface area (Å²) in [7, 11) is 0. The van der Waals surface area contributed by atoms with E-state index >= 15 is 0 Å². The third-order valence-corrected chi connectivity index (χ3v) is 2.71. The van der Waals surface area contributed by atoms with E-state index in [0.29, 0.717) is 0 Å². The number of nitrogens with zero attached hydrogens (tertiary/aromatic N) is 1. The van der Waals surface area contributed by atoms with Crippen molar-refractivity contribution in [1.29, 1.82) is 0 Å². The van der Waals surface area contributed by atoms with Crippen LogP contribution < -0.4 is 5.32 Å². The van der Waals surface area contributed by atoms with E-state index in [2.05, 4.69) is 40.5 Å². The third-order valence-electron chi connectivity index (χ3n) is 2.71. The molecule has 17 heavy (non-hydrogen) atoms. The standard InChI is InChI=1S/C15H16N2/c1-2-3-4-10-16-12-14-8-5-7-13-9-6-11-17-15(13)14/h1,5-9,11,16H,3-4,10,12H2. The molecule has 0 aliphatic heterocycles. The molecule has 2 heteroatoms. The van der Waals surface area contributed by atoms with Gasteiger partial charge in [0.1, 0.15) is 0 Å². The molecule has 86 valence electrons. The molecule has 0 saturated heterocycles. The van der Waals surface area contributed by atoms with Gasteiger partial charge in [0.25, 0.3) is 0 Å². The summed E-state index contributed by atoms with van der Waals surface area (Å²) in [4.78, 5) is 4.42. The first-order valence-electron chi connectivity index (χ1n) is 5.88. The number of aromatic nitrogens is 1. The van der Waals surface area contributed by atoms with Crippen molar-refractivity contribution in [1.82, 2.24) is 10.3 Å². The smallest absolute Gasteiger partial charge is 0.0746 e. The zero-order valence-electron chi connectivity index (χ0n) is 9.82. The number of rotatable bonds is 5. The summed E-state index contributed by atoms with van der Waals surface area (Å²) >= 11 is 0. The van der Waals surface area contributed by atoms with Gasteiger partial charge in [0.05, 0.1) is 5.52 Å². The molecule has 1 N–H and O–H groups in total. The van der Waals surface area contributed by atoms with Gasteiger partial charge in [-0.25, -0.2) is 0 Å². The Balaban J connectivity index is 2.01. The van der Waals surface area contributed by atoms with Gasteiger partial charge in [-0.3, -0.25) is 4.98 Å². The maximum atomic E-state index is 5.21. The summed E-state index contributed by atoms with van der Waals surface area (Å²) < 4.78 is 0. The molecular weight excluding hydrogens is 208 g/mol. The zero-order valence-corrected chi connectivity index (χ0v) is 9.82. The first-order valence-corrected chi connectivity index (χ1v) is 5.88. The van der Waals surface area contributed by atoms with Crippen LogP contribution in [0, 0.1) is 12.3 Å². The highest BCUT2D eigenvalue weighted by molar-refractivity contribution is 5.81. The van der Waals surface area contributed by atoms with Crippen molar-refractivity contribution in [2.24, 2.45) is 0 Å². The minimum absolute atomic E-state index is 0.834. The first-order chi connectivity index (χ1) is 8.42. The molecule has 2 rings (SSSR count). The van der Waals surface area contributed by atoms with Crippen molar-refractivity contribution in [2.45, 2.75) is 19.4 Å². The van der Waals surface area contributed by atoms with Gasteiger partial charge < -0.3 is 5.32 Å². The lowest BCUT2D eigenvalue weighted by Crippen LogP contribution is -2.14. The Hall–Kier alpha value is -1.85. The van der Waals surface area contributed by atoms with Crippen molar-refractivity contribution in [3.05, 3.63) is 42.1 Å². The van der Waals surface area contributed by atoms with E-state index in [9.17, 15) is 0 Å². The molecule has 0 fully saturated rings. The summed E-state index contributed by atoms with van der Waals surface area (Å²) in [5.41, 5.74) is 2.32. The second kappa shape index (κ2) is 6.03. The molecule has 0 aliphatic carbocycles.